The van der Waals surface area contributed by atoms with Gasteiger partial charge in [0, 0.05) is 0 Å². The van der Waals surface area contributed by atoms with Gasteiger partial charge < -0.3 is 25.8 Å². The van der Waals surface area contributed by atoms with E-state index in [1.54, 1.807) is 0 Å². The number of hydrogen-bond acceptors (Lipinski definition) is 8. The van der Waals surface area contributed by atoms with Crippen LogP contribution in [0.3, 0.4) is 0 Å². The average Bonchev–Trinajstić information content (AvgIpc) is 2.90. The van der Waals surface area contributed by atoms with Crippen LogP contribution in [0.4, 0.5) is 5.82 Å². The van der Waals surface area contributed by atoms with Gasteiger partial charge in [-0.05, 0) is 0 Å². The van der Waals surface area contributed by atoms with Crippen LogP contribution in [0.15, 0.2) is 11.1 Å². The summed E-state index contributed by atoms with van der Waals surface area (Å²) < 4.78 is 6.49. The Kier molecular flexibility index (Phi) is 2.94. The lowest BCUT2D eigenvalue weighted by Crippen LogP contribution is -2.33. The molecule has 0 aliphatic carbocycles. The van der Waals surface area contributed by atoms with E-state index in [0.29, 0.717) is 0 Å². The molecule has 0 spiro atoms. The number of anilines is 1. The number of fused-ring (bicyclic) bond motifs is 1. The van der Waals surface area contributed by atoms with E-state index in [1.165, 1.54) is 11.0 Å². The van der Waals surface area contributed by atoms with E-state index in [-0.39, 0.29) is 16.9 Å². The van der Waals surface area contributed by atoms with Gasteiger partial charge in [-0.2, -0.15) is 0 Å². The monoisotopic (exact) mass is 283 g/mol. The first kappa shape index (κ1) is 13.0. The highest BCUT2D eigenvalue weighted by Crippen LogP contribution is 2.30. The van der Waals surface area contributed by atoms with Gasteiger partial charge in [0.05, 0.1) is 6.61 Å². The van der Waals surface area contributed by atoms with E-state index in [1.807, 2.05) is 0 Å². The van der Waals surface area contributed by atoms with E-state index in [2.05, 4.69) is 15.1 Å². The van der Waals surface area contributed by atoms with Crippen molar-refractivity contribution in [1.82, 2.24) is 19.7 Å². The van der Waals surface area contributed by atoms with Gasteiger partial charge in [-0.1, -0.05) is 0 Å². The van der Waals surface area contributed by atoms with Gasteiger partial charge in [0.1, 0.15) is 35.8 Å². The van der Waals surface area contributed by atoms with Crippen LogP contribution >= 0.6 is 0 Å². The predicted molar refractivity (Wildman–Crippen MR) is 65.6 cm³/mol. The van der Waals surface area contributed by atoms with Crippen LogP contribution in [0.5, 0.6) is 0 Å². The molecule has 4 atom stereocenters. The fraction of sp³-hybridized carbons (Fsp3) is 0.500. The van der Waals surface area contributed by atoms with E-state index in [0.717, 1.165) is 0 Å². The first-order valence-electron chi connectivity index (χ1n) is 5.87. The van der Waals surface area contributed by atoms with Crippen molar-refractivity contribution in [3.63, 3.8) is 0 Å². The van der Waals surface area contributed by atoms with Crippen molar-refractivity contribution in [2.45, 2.75) is 24.5 Å². The molecule has 0 aromatic carbocycles. The SMILES string of the molecule is Nc1ncnc2c1c(=O)[nH]n2[C@@H]1O[C@H](CO)[C@@H](O)[C@H]1O. The number of H-pyrrole nitrogens is 1. The summed E-state index contributed by atoms with van der Waals surface area (Å²) in [7, 11) is 0. The quantitative estimate of drug-likeness (QED) is 0.398. The van der Waals surface area contributed by atoms with Crippen LogP contribution < -0.4 is 11.3 Å². The molecule has 0 unspecified atom stereocenters. The molecule has 10 heteroatoms. The van der Waals surface area contributed by atoms with Gasteiger partial charge >= 0.3 is 0 Å². The summed E-state index contributed by atoms with van der Waals surface area (Å²) in [5.74, 6) is 0.00161. The van der Waals surface area contributed by atoms with Crippen LogP contribution in [0.2, 0.25) is 0 Å². The number of rotatable bonds is 2. The lowest BCUT2D eigenvalue weighted by molar-refractivity contribution is -0.0568. The number of aliphatic hydroxyl groups is 3. The average molecular weight is 283 g/mol. The molecular formula is C10H13N5O5. The maximum atomic E-state index is 11.8. The molecule has 1 aliphatic rings. The number of ether oxygens (including phenoxy) is 1. The van der Waals surface area contributed by atoms with Crippen molar-refractivity contribution >= 4 is 16.9 Å². The minimum absolute atomic E-state index is 0.00161. The van der Waals surface area contributed by atoms with Crippen molar-refractivity contribution in [3.05, 3.63) is 16.7 Å². The molecule has 0 saturated carbocycles. The second kappa shape index (κ2) is 4.52. The van der Waals surface area contributed by atoms with Crippen molar-refractivity contribution in [1.29, 1.82) is 0 Å². The number of nitrogens with two attached hydrogens (primary N) is 1. The standard InChI is InChI=1S/C10H13N5O5/c11-7-4-8(13-2-12-7)15(14-9(4)19)10-6(18)5(17)3(1-16)20-10/h2-3,5-6,10,16-18H,1H2,(H,14,19)(H2,11,12,13)/t3-,5-,6-,10-/m1/s1. The van der Waals surface area contributed by atoms with Gasteiger partial charge in [0.2, 0.25) is 0 Å². The normalized spacial score (nSPS) is 30.1. The number of nitrogen functional groups attached to an aromatic ring is 1. The van der Waals surface area contributed by atoms with Crippen LogP contribution in [0.25, 0.3) is 11.0 Å². The van der Waals surface area contributed by atoms with Gasteiger partial charge in [0.15, 0.2) is 11.9 Å². The number of nitrogens with zero attached hydrogens (tertiary/aromatic N) is 3. The largest absolute Gasteiger partial charge is 0.394 e. The Labute approximate surface area is 111 Å². The van der Waals surface area contributed by atoms with E-state index >= 15 is 0 Å². The molecule has 1 saturated heterocycles. The third-order valence-electron chi connectivity index (χ3n) is 3.31. The lowest BCUT2D eigenvalue weighted by atomic mass is 10.1. The zero-order valence-corrected chi connectivity index (χ0v) is 10.2. The van der Waals surface area contributed by atoms with Crippen molar-refractivity contribution in [3.8, 4) is 0 Å². The topological polar surface area (TPSA) is 160 Å². The van der Waals surface area contributed by atoms with E-state index < -0.39 is 36.7 Å². The molecule has 1 fully saturated rings. The third kappa shape index (κ3) is 1.70. The Morgan fingerprint density at radius 2 is 2.15 bits per heavy atom. The van der Waals surface area contributed by atoms with Gasteiger partial charge in [-0.15, -0.1) is 0 Å². The molecule has 2 aromatic rings. The summed E-state index contributed by atoms with van der Waals surface area (Å²) >= 11 is 0. The smallest absolute Gasteiger partial charge is 0.277 e. The van der Waals surface area contributed by atoms with Crippen LogP contribution in [0.1, 0.15) is 6.23 Å². The summed E-state index contributed by atoms with van der Waals surface area (Å²) in [6.07, 6.45) is -3.46. The summed E-state index contributed by atoms with van der Waals surface area (Å²) in [6.45, 7) is -0.463. The molecule has 108 valence electrons. The number of nitrogens with one attached hydrogen (secondary N) is 1. The minimum Gasteiger partial charge on any atom is -0.394 e. The van der Waals surface area contributed by atoms with Crippen molar-refractivity contribution in [2.24, 2.45) is 0 Å². The second-order valence-electron chi connectivity index (χ2n) is 4.50. The predicted octanol–water partition coefficient (Wildman–Crippen LogP) is -2.69. The van der Waals surface area contributed by atoms with Gasteiger partial charge in [0.25, 0.3) is 5.56 Å². The van der Waals surface area contributed by atoms with Crippen molar-refractivity contribution in [2.75, 3.05) is 12.3 Å². The highest BCUT2D eigenvalue weighted by atomic mass is 16.6. The molecule has 2 aromatic heterocycles. The van der Waals surface area contributed by atoms with E-state index in [9.17, 15) is 15.0 Å². The minimum atomic E-state index is -1.32. The number of aromatic amines is 1. The zero-order valence-electron chi connectivity index (χ0n) is 10.2. The summed E-state index contributed by atoms with van der Waals surface area (Å²) in [5.41, 5.74) is 5.23. The van der Waals surface area contributed by atoms with Crippen molar-refractivity contribution < 1.29 is 20.1 Å². The third-order valence-corrected chi connectivity index (χ3v) is 3.31. The van der Waals surface area contributed by atoms with Crippen LogP contribution in [0, 0.1) is 0 Å². The molecule has 1 aliphatic heterocycles. The molecule has 6 N–H and O–H groups in total. The van der Waals surface area contributed by atoms with Crippen LogP contribution in [-0.2, 0) is 4.74 Å². The molecule has 0 bridgehead atoms. The number of aromatic nitrogens is 4. The Bertz CT molecular complexity index is 697. The molecule has 3 rings (SSSR count). The Morgan fingerprint density at radius 3 is 2.80 bits per heavy atom. The highest BCUT2D eigenvalue weighted by molar-refractivity contribution is 5.84. The highest BCUT2D eigenvalue weighted by Gasteiger charge is 2.44. The summed E-state index contributed by atoms with van der Waals surface area (Å²) in [4.78, 5) is 19.5. The molecule has 10 nitrogen and oxygen atoms in total. The maximum Gasteiger partial charge on any atom is 0.277 e. The fourth-order valence-electron chi connectivity index (χ4n) is 2.29. The first-order chi connectivity index (χ1) is 9.54. The van der Waals surface area contributed by atoms with Gasteiger partial charge in [-0.25, -0.2) is 14.6 Å². The zero-order chi connectivity index (χ0) is 14.4. The molecule has 3 heterocycles. The Morgan fingerprint density at radius 1 is 1.40 bits per heavy atom. The lowest BCUT2D eigenvalue weighted by Gasteiger charge is -2.16. The second-order valence-corrected chi connectivity index (χ2v) is 4.50. The Hall–Kier alpha value is -2.01. The van der Waals surface area contributed by atoms with Gasteiger partial charge in [-0.3, -0.25) is 9.89 Å². The maximum absolute atomic E-state index is 11.8. The molecular weight excluding hydrogens is 270 g/mol. The summed E-state index contributed by atoms with van der Waals surface area (Å²) in [5, 5.41) is 31.2. The first-order valence-corrected chi connectivity index (χ1v) is 5.87. The molecule has 0 radical (unpaired) electrons. The molecule has 20 heavy (non-hydrogen) atoms. The number of aliphatic hydroxyl groups excluding tert-OH is 3. The number of hydrogen-bond donors (Lipinski definition) is 5. The van der Waals surface area contributed by atoms with E-state index in [4.69, 9.17) is 15.6 Å². The van der Waals surface area contributed by atoms with Crippen LogP contribution in [-0.4, -0.2) is 60.0 Å². The summed E-state index contributed by atoms with van der Waals surface area (Å²) in [6, 6.07) is 0. The Balaban J connectivity index is 2.12. The fourth-order valence-corrected chi connectivity index (χ4v) is 2.29. The molecule has 0 amide bonds.